The largest absolute Gasteiger partial charge is 0.382 e. The van der Waals surface area contributed by atoms with Gasteiger partial charge in [0.15, 0.2) is 11.5 Å². The van der Waals surface area contributed by atoms with Crippen LogP contribution in [-0.4, -0.2) is 36.1 Å². The number of hydrogen-bond donors (Lipinski definition) is 4. The van der Waals surface area contributed by atoms with Crippen LogP contribution in [0, 0.1) is 0 Å². The highest BCUT2D eigenvalue weighted by Gasteiger charge is 2.17. The van der Waals surface area contributed by atoms with Gasteiger partial charge in [-0.15, -0.1) is 0 Å². The van der Waals surface area contributed by atoms with Crippen LogP contribution in [0.2, 0.25) is 0 Å². The van der Waals surface area contributed by atoms with Gasteiger partial charge < -0.3 is 16.4 Å². The molecule has 0 aliphatic heterocycles. The molecule has 5 N–H and O–H groups in total. The van der Waals surface area contributed by atoms with E-state index in [1.54, 1.807) is 24.3 Å². The molecule has 0 bridgehead atoms. The molecule has 1 heterocycles. The number of hydrogen-bond acceptors (Lipinski definition) is 8. The molecular formula is C21H20N6O5S. The quantitative estimate of drug-likeness (QED) is 0.423. The van der Waals surface area contributed by atoms with Crippen LogP contribution in [-0.2, 0) is 19.6 Å². The second kappa shape index (κ2) is 9.44. The molecule has 3 aromatic rings. The molecule has 0 fully saturated rings. The third-order valence-corrected chi connectivity index (χ3v) is 5.67. The zero-order chi connectivity index (χ0) is 24.2. The maximum absolute atomic E-state index is 12.7. The predicted octanol–water partition coefficient (Wildman–Crippen LogP) is 1.76. The predicted molar refractivity (Wildman–Crippen MR) is 122 cm³/mol. The number of benzene rings is 2. The van der Waals surface area contributed by atoms with Gasteiger partial charge in [0, 0.05) is 30.8 Å². The molecule has 0 aliphatic rings. The summed E-state index contributed by atoms with van der Waals surface area (Å²) in [6.07, 6.45) is 1.42. The van der Waals surface area contributed by atoms with E-state index < -0.39 is 21.8 Å². The Bertz CT molecular complexity index is 1320. The summed E-state index contributed by atoms with van der Waals surface area (Å²) >= 11 is 0. The Kier molecular flexibility index (Phi) is 6.68. The van der Waals surface area contributed by atoms with Crippen molar-refractivity contribution in [1.82, 2.24) is 14.7 Å². The van der Waals surface area contributed by atoms with E-state index in [1.165, 1.54) is 37.4 Å². The highest BCUT2D eigenvalue weighted by Crippen LogP contribution is 2.22. The monoisotopic (exact) mass is 468 g/mol. The van der Waals surface area contributed by atoms with Gasteiger partial charge in [0.05, 0.1) is 16.8 Å². The number of anilines is 3. The smallest absolute Gasteiger partial charge is 0.278 e. The SMILES string of the molecule is CC(=O)Nc1ccc(-c2cnc(N)c(C(=O)Nc3ccc(S(=O)(=O)NC(C)=O)cc3)n2)cc1. The molecule has 0 unspecified atom stereocenters. The number of sulfonamides is 1. The van der Waals surface area contributed by atoms with Crippen molar-refractivity contribution in [2.24, 2.45) is 0 Å². The Labute approximate surface area is 189 Å². The molecule has 2 aromatic carbocycles. The normalized spacial score (nSPS) is 10.8. The molecule has 0 aliphatic carbocycles. The van der Waals surface area contributed by atoms with Gasteiger partial charge >= 0.3 is 0 Å². The van der Waals surface area contributed by atoms with E-state index in [-0.39, 0.29) is 28.0 Å². The molecule has 33 heavy (non-hydrogen) atoms. The van der Waals surface area contributed by atoms with Crippen LogP contribution >= 0.6 is 0 Å². The highest BCUT2D eigenvalue weighted by molar-refractivity contribution is 7.90. The first-order chi connectivity index (χ1) is 15.5. The number of rotatable bonds is 6. The topological polar surface area (TPSA) is 173 Å². The maximum atomic E-state index is 12.7. The van der Waals surface area contributed by atoms with Gasteiger partial charge in [0.25, 0.3) is 15.9 Å². The van der Waals surface area contributed by atoms with Crippen molar-refractivity contribution in [3.05, 3.63) is 60.4 Å². The van der Waals surface area contributed by atoms with Gasteiger partial charge in [-0.25, -0.2) is 23.1 Å². The van der Waals surface area contributed by atoms with Crippen molar-refractivity contribution in [2.45, 2.75) is 18.7 Å². The highest BCUT2D eigenvalue weighted by atomic mass is 32.2. The van der Waals surface area contributed by atoms with E-state index in [9.17, 15) is 22.8 Å². The average molecular weight is 468 g/mol. The second-order valence-corrected chi connectivity index (χ2v) is 8.57. The fourth-order valence-corrected chi connectivity index (χ4v) is 3.78. The van der Waals surface area contributed by atoms with Gasteiger partial charge in [-0.2, -0.15) is 0 Å². The molecule has 0 radical (unpaired) electrons. The maximum Gasteiger partial charge on any atom is 0.278 e. The third kappa shape index (κ3) is 5.89. The fraction of sp³-hybridized carbons (Fsp3) is 0.0952. The minimum absolute atomic E-state index is 0.0871. The van der Waals surface area contributed by atoms with Crippen LogP contribution in [0.5, 0.6) is 0 Å². The van der Waals surface area contributed by atoms with Crippen molar-refractivity contribution in [1.29, 1.82) is 0 Å². The van der Waals surface area contributed by atoms with Crippen molar-refractivity contribution in [2.75, 3.05) is 16.4 Å². The van der Waals surface area contributed by atoms with Gasteiger partial charge in [-0.05, 0) is 36.4 Å². The number of nitrogens with two attached hydrogens (primary N) is 1. The minimum atomic E-state index is -3.99. The lowest BCUT2D eigenvalue weighted by atomic mass is 10.1. The summed E-state index contributed by atoms with van der Waals surface area (Å²) in [5.74, 6) is -1.65. The Morgan fingerprint density at radius 3 is 2.00 bits per heavy atom. The summed E-state index contributed by atoms with van der Waals surface area (Å²) in [6.45, 7) is 2.49. The van der Waals surface area contributed by atoms with Gasteiger partial charge in [-0.3, -0.25) is 14.4 Å². The molecule has 11 nitrogen and oxygen atoms in total. The fourth-order valence-electron chi connectivity index (χ4n) is 2.79. The lowest BCUT2D eigenvalue weighted by molar-refractivity contribution is -0.117. The zero-order valence-electron chi connectivity index (χ0n) is 17.6. The lowest BCUT2D eigenvalue weighted by Crippen LogP contribution is -2.28. The summed E-state index contributed by atoms with van der Waals surface area (Å²) in [7, 11) is -3.99. The first-order valence-corrected chi connectivity index (χ1v) is 11.0. The first kappa shape index (κ1) is 23.3. The number of nitrogens with zero attached hydrogens (tertiary/aromatic N) is 2. The number of amides is 3. The summed E-state index contributed by atoms with van der Waals surface area (Å²) in [6, 6.07) is 12.0. The van der Waals surface area contributed by atoms with Gasteiger partial charge in [-0.1, -0.05) is 12.1 Å². The van der Waals surface area contributed by atoms with Crippen molar-refractivity contribution in [3.8, 4) is 11.3 Å². The number of carbonyl (C=O) groups is 3. The van der Waals surface area contributed by atoms with E-state index in [1.807, 2.05) is 4.72 Å². The molecule has 0 saturated heterocycles. The number of nitrogens with one attached hydrogen (secondary N) is 3. The number of aromatic nitrogens is 2. The van der Waals surface area contributed by atoms with Gasteiger partial charge in [0.1, 0.15) is 0 Å². The van der Waals surface area contributed by atoms with Crippen LogP contribution in [0.25, 0.3) is 11.3 Å². The molecule has 0 spiro atoms. The summed E-state index contributed by atoms with van der Waals surface area (Å²) in [5.41, 5.74) is 7.64. The third-order valence-electron chi connectivity index (χ3n) is 4.22. The summed E-state index contributed by atoms with van der Waals surface area (Å²) in [5, 5.41) is 5.23. The Balaban J connectivity index is 1.79. The van der Waals surface area contributed by atoms with E-state index in [0.717, 1.165) is 6.92 Å². The standard InChI is InChI=1S/C21H20N6O5S/c1-12(28)24-15-5-3-14(4-6-15)18-11-23-20(22)19(26-18)21(30)25-16-7-9-17(10-8-16)33(31,32)27-13(2)29/h3-11H,1-2H3,(H2,22,23)(H,24,28)(H,25,30)(H,27,29). The van der Waals surface area contributed by atoms with Crippen LogP contribution in [0.15, 0.2) is 59.6 Å². The Morgan fingerprint density at radius 2 is 1.42 bits per heavy atom. The number of carbonyl (C=O) groups excluding carboxylic acids is 3. The second-order valence-electron chi connectivity index (χ2n) is 6.89. The lowest BCUT2D eigenvalue weighted by Gasteiger charge is -2.10. The van der Waals surface area contributed by atoms with E-state index >= 15 is 0 Å². The molecular weight excluding hydrogens is 448 g/mol. The van der Waals surface area contributed by atoms with Gasteiger partial charge in [0.2, 0.25) is 11.8 Å². The Hall–Kier alpha value is -4.32. The van der Waals surface area contributed by atoms with Crippen LogP contribution < -0.4 is 21.1 Å². The molecule has 1 aromatic heterocycles. The van der Waals surface area contributed by atoms with Crippen LogP contribution in [0.3, 0.4) is 0 Å². The van der Waals surface area contributed by atoms with Crippen LogP contribution in [0.1, 0.15) is 24.3 Å². The van der Waals surface area contributed by atoms with Crippen molar-refractivity contribution in [3.63, 3.8) is 0 Å². The Morgan fingerprint density at radius 1 is 0.848 bits per heavy atom. The molecule has 170 valence electrons. The van der Waals surface area contributed by atoms with Crippen molar-refractivity contribution < 1.29 is 22.8 Å². The first-order valence-electron chi connectivity index (χ1n) is 9.50. The minimum Gasteiger partial charge on any atom is -0.382 e. The zero-order valence-corrected chi connectivity index (χ0v) is 18.4. The van der Waals surface area contributed by atoms with Crippen LogP contribution in [0.4, 0.5) is 17.2 Å². The summed E-state index contributed by atoms with van der Waals surface area (Å²) < 4.78 is 25.9. The average Bonchev–Trinajstić information content (AvgIpc) is 2.74. The van der Waals surface area contributed by atoms with Crippen molar-refractivity contribution >= 4 is 44.9 Å². The van der Waals surface area contributed by atoms with E-state index in [2.05, 4.69) is 20.6 Å². The van der Waals surface area contributed by atoms with E-state index in [0.29, 0.717) is 16.9 Å². The molecule has 3 amide bonds. The molecule has 0 atom stereocenters. The molecule has 3 rings (SSSR count). The molecule has 0 saturated carbocycles. The number of nitrogen functional groups attached to an aromatic ring is 1. The summed E-state index contributed by atoms with van der Waals surface area (Å²) in [4.78, 5) is 43.1. The van der Waals surface area contributed by atoms with E-state index in [4.69, 9.17) is 5.73 Å². The molecule has 12 heteroatoms.